The molecule has 1 aliphatic rings. The molecule has 7 heteroatoms. The van der Waals surface area contributed by atoms with Gasteiger partial charge < -0.3 is 14.5 Å². The molecule has 0 radical (unpaired) electrons. The Labute approximate surface area is 143 Å². The summed E-state index contributed by atoms with van der Waals surface area (Å²) in [7, 11) is 0. The number of nitrogens with zero attached hydrogens (tertiary/aromatic N) is 2. The molecule has 2 heterocycles. The number of rotatable bonds is 4. The molecule has 1 fully saturated rings. The molecule has 1 aromatic heterocycles. The molecule has 24 heavy (non-hydrogen) atoms. The summed E-state index contributed by atoms with van der Waals surface area (Å²) in [5.74, 6) is 0.694. The van der Waals surface area contributed by atoms with E-state index in [-0.39, 0.29) is 11.9 Å². The fraction of sp³-hybridized carbons (Fsp3) is 0.353. The Morgan fingerprint density at radius 3 is 2.79 bits per heavy atom. The fourth-order valence-corrected chi connectivity index (χ4v) is 2.89. The maximum absolute atomic E-state index is 12.0. The van der Waals surface area contributed by atoms with Gasteiger partial charge in [0.05, 0.1) is 12.3 Å². The summed E-state index contributed by atoms with van der Waals surface area (Å²) >= 11 is 1.32. The molecule has 1 aliphatic heterocycles. The van der Waals surface area contributed by atoms with E-state index < -0.39 is 5.56 Å². The van der Waals surface area contributed by atoms with Crippen LogP contribution in [0.15, 0.2) is 34.2 Å². The second-order valence-corrected chi connectivity index (χ2v) is 6.14. The van der Waals surface area contributed by atoms with Gasteiger partial charge in [-0.1, -0.05) is 11.8 Å². The Morgan fingerprint density at radius 1 is 1.38 bits per heavy atom. The van der Waals surface area contributed by atoms with E-state index in [0.29, 0.717) is 22.2 Å². The van der Waals surface area contributed by atoms with Crippen molar-refractivity contribution in [3.8, 4) is 23.1 Å². The highest BCUT2D eigenvalue weighted by atomic mass is 32.2. The molecule has 1 saturated heterocycles. The fourth-order valence-electron chi connectivity index (χ4n) is 2.51. The lowest BCUT2D eigenvalue weighted by Crippen LogP contribution is -2.24. The number of benzene rings is 1. The zero-order valence-electron chi connectivity index (χ0n) is 13.2. The average Bonchev–Trinajstić information content (AvgIpc) is 2.62. The van der Waals surface area contributed by atoms with E-state index in [1.54, 1.807) is 24.3 Å². The van der Waals surface area contributed by atoms with Gasteiger partial charge in [-0.3, -0.25) is 4.79 Å². The first-order valence-corrected chi connectivity index (χ1v) is 8.91. The highest BCUT2D eigenvalue weighted by Gasteiger charge is 2.16. The summed E-state index contributed by atoms with van der Waals surface area (Å²) in [5.41, 5.74) is 0.663. The molecule has 1 aromatic carbocycles. The molecule has 0 spiro atoms. The van der Waals surface area contributed by atoms with E-state index in [9.17, 15) is 10.1 Å². The molecule has 0 saturated carbocycles. The van der Waals surface area contributed by atoms with Crippen LogP contribution in [0.4, 0.5) is 0 Å². The Balaban J connectivity index is 1.86. The molecule has 1 atom stereocenters. The highest BCUT2D eigenvalue weighted by molar-refractivity contribution is 7.98. The smallest absolute Gasteiger partial charge is 0.270 e. The van der Waals surface area contributed by atoms with E-state index >= 15 is 0 Å². The van der Waals surface area contributed by atoms with Crippen molar-refractivity contribution in [1.29, 1.82) is 5.26 Å². The van der Waals surface area contributed by atoms with Gasteiger partial charge in [0, 0.05) is 12.0 Å². The Bertz CT molecular complexity index is 805. The summed E-state index contributed by atoms with van der Waals surface area (Å²) in [6, 6.07) is 9.12. The minimum absolute atomic E-state index is 0.0112. The number of nitriles is 1. The highest BCUT2D eigenvalue weighted by Crippen LogP contribution is 2.25. The first-order valence-electron chi connectivity index (χ1n) is 7.68. The lowest BCUT2D eigenvalue weighted by atomic mass is 10.1. The van der Waals surface area contributed by atoms with Crippen LogP contribution in [-0.4, -0.2) is 29.1 Å². The standard InChI is InChI=1S/C17H17N3O3S/c1-24-17-19-15(13(10-18)16(21)20-17)11-5-7-12(8-6-11)23-14-4-2-3-9-22-14/h5-8,14H,2-4,9H2,1H3,(H,19,20,21). The van der Waals surface area contributed by atoms with Crippen LogP contribution in [0.25, 0.3) is 11.3 Å². The van der Waals surface area contributed by atoms with Gasteiger partial charge in [-0.25, -0.2) is 4.98 Å². The molecular weight excluding hydrogens is 326 g/mol. The summed E-state index contributed by atoms with van der Waals surface area (Å²) in [6.45, 7) is 0.725. The van der Waals surface area contributed by atoms with E-state index in [0.717, 1.165) is 25.9 Å². The molecule has 6 nitrogen and oxygen atoms in total. The zero-order chi connectivity index (χ0) is 16.9. The zero-order valence-corrected chi connectivity index (χ0v) is 14.1. The van der Waals surface area contributed by atoms with Crippen LogP contribution in [0.2, 0.25) is 0 Å². The van der Waals surface area contributed by atoms with Crippen molar-refractivity contribution < 1.29 is 9.47 Å². The minimum Gasteiger partial charge on any atom is -0.465 e. The summed E-state index contributed by atoms with van der Waals surface area (Å²) < 4.78 is 11.3. The van der Waals surface area contributed by atoms with Crippen molar-refractivity contribution >= 4 is 11.8 Å². The first-order chi connectivity index (χ1) is 11.7. The predicted molar refractivity (Wildman–Crippen MR) is 91.0 cm³/mol. The van der Waals surface area contributed by atoms with Gasteiger partial charge in [0.25, 0.3) is 5.56 Å². The number of aromatic amines is 1. The maximum Gasteiger partial charge on any atom is 0.270 e. The summed E-state index contributed by atoms with van der Waals surface area (Å²) in [4.78, 5) is 18.9. The van der Waals surface area contributed by atoms with Crippen molar-refractivity contribution in [3.63, 3.8) is 0 Å². The topological polar surface area (TPSA) is 88.0 Å². The maximum atomic E-state index is 12.0. The van der Waals surface area contributed by atoms with Crippen LogP contribution in [0, 0.1) is 11.3 Å². The summed E-state index contributed by atoms with van der Waals surface area (Å²) in [5, 5.41) is 9.71. The van der Waals surface area contributed by atoms with Gasteiger partial charge in [-0.2, -0.15) is 5.26 Å². The van der Waals surface area contributed by atoms with Gasteiger partial charge in [-0.15, -0.1) is 0 Å². The lowest BCUT2D eigenvalue weighted by Gasteiger charge is -2.23. The number of thioether (sulfide) groups is 1. The first kappa shape index (κ1) is 16.6. The van der Waals surface area contributed by atoms with E-state index in [2.05, 4.69) is 9.97 Å². The Morgan fingerprint density at radius 2 is 2.17 bits per heavy atom. The molecule has 3 rings (SSSR count). The van der Waals surface area contributed by atoms with Crippen molar-refractivity contribution in [1.82, 2.24) is 9.97 Å². The Hall–Kier alpha value is -2.30. The number of nitrogens with one attached hydrogen (secondary N) is 1. The Kier molecular flexibility index (Phi) is 5.18. The summed E-state index contributed by atoms with van der Waals surface area (Å²) in [6.07, 6.45) is 4.66. The van der Waals surface area contributed by atoms with Crippen molar-refractivity contribution in [2.24, 2.45) is 0 Å². The lowest BCUT2D eigenvalue weighted by molar-refractivity contribution is -0.105. The minimum atomic E-state index is -0.428. The van der Waals surface area contributed by atoms with E-state index in [1.165, 1.54) is 11.8 Å². The third kappa shape index (κ3) is 3.61. The third-order valence-electron chi connectivity index (χ3n) is 3.74. The van der Waals surface area contributed by atoms with Crippen LogP contribution < -0.4 is 10.3 Å². The molecule has 2 aromatic rings. The van der Waals surface area contributed by atoms with Crippen molar-refractivity contribution in [2.75, 3.05) is 12.9 Å². The SMILES string of the molecule is CSc1nc(-c2ccc(OC3CCCCO3)cc2)c(C#N)c(=O)[nH]1. The van der Waals surface area contributed by atoms with Crippen LogP contribution in [0.1, 0.15) is 24.8 Å². The second-order valence-electron chi connectivity index (χ2n) is 5.35. The van der Waals surface area contributed by atoms with Crippen LogP contribution in [0.5, 0.6) is 5.75 Å². The normalized spacial score (nSPS) is 17.2. The number of aromatic nitrogens is 2. The van der Waals surface area contributed by atoms with Crippen molar-refractivity contribution in [2.45, 2.75) is 30.7 Å². The van der Waals surface area contributed by atoms with Crippen LogP contribution in [-0.2, 0) is 4.74 Å². The number of hydrogen-bond donors (Lipinski definition) is 1. The van der Waals surface area contributed by atoms with Crippen LogP contribution in [0.3, 0.4) is 0 Å². The quantitative estimate of drug-likeness (QED) is 0.678. The van der Waals surface area contributed by atoms with Gasteiger partial charge in [0.15, 0.2) is 11.4 Å². The van der Waals surface area contributed by atoms with Gasteiger partial charge in [-0.05, 0) is 43.4 Å². The second kappa shape index (κ2) is 7.51. The molecule has 0 bridgehead atoms. The monoisotopic (exact) mass is 343 g/mol. The molecule has 0 aliphatic carbocycles. The largest absolute Gasteiger partial charge is 0.465 e. The van der Waals surface area contributed by atoms with Crippen LogP contribution >= 0.6 is 11.8 Å². The average molecular weight is 343 g/mol. The molecular formula is C17H17N3O3S. The molecule has 0 amide bonds. The molecule has 1 unspecified atom stereocenters. The number of hydrogen-bond acceptors (Lipinski definition) is 6. The molecule has 124 valence electrons. The predicted octanol–water partition coefficient (Wildman–Crippen LogP) is 2.94. The number of H-pyrrole nitrogens is 1. The van der Waals surface area contributed by atoms with Crippen molar-refractivity contribution in [3.05, 3.63) is 40.2 Å². The third-order valence-corrected chi connectivity index (χ3v) is 4.32. The van der Waals surface area contributed by atoms with E-state index in [1.807, 2.05) is 12.3 Å². The van der Waals surface area contributed by atoms with Gasteiger partial charge in [0.2, 0.25) is 0 Å². The van der Waals surface area contributed by atoms with E-state index in [4.69, 9.17) is 9.47 Å². The van der Waals surface area contributed by atoms with Gasteiger partial charge in [0.1, 0.15) is 17.4 Å². The number of ether oxygens (including phenoxy) is 2. The molecule has 1 N–H and O–H groups in total. The van der Waals surface area contributed by atoms with Gasteiger partial charge >= 0.3 is 0 Å².